The van der Waals surface area contributed by atoms with E-state index in [0.29, 0.717) is 17.9 Å². The lowest BCUT2D eigenvalue weighted by molar-refractivity contribution is 0.227. The van der Waals surface area contributed by atoms with E-state index >= 15 is 0 Å². The van der Waals surface area contributed by atoms with Crippen molar-refractivity contribution in [2.24, 2.45) is 0 Å². The maximum absolute atomic E-state index is 8.41. The van der Waals surface area contributed by atoms with Crippen molar-refractivity contribution in [2.45, 2.75) is 19.4 Å². The quantitative estimate of drug-likeness (QED) is 0.716. The minimum absolute atomic E-state index is 0.0909. The normalized spacial score (nSPS) is 11.7. The third-order valence-electron chi connectivity index (χ3n) is 1.57. The molecule has 13 heavy (non-hydrogen) atoms. The van der Waals surface area contributed by atoms with Crippen LogP contribution in [0.25, 0.3) is 0 Å². The molecule has 0 radical (unpaired) electrons. The van der Waals surface area contributed by atoms with E-state index in [1.165, 1.54) is 0 Å². The van der Waals surface area contributed by atoms with Gasteiger partial charge in [0.1, 0.15) is 11.9 Å². The Bertz CT molecular complexity index is 317. The van der Waals surface area contributed by atoms with Gasteiger partial charge in [-0.2, -0.15) is 5.26 Å². The summed E-state index contributed by atoms with van der Waals surface area (Å²) in [6.45, 7) is 1.85. The van der Waals surface area contributed by atoms with Gasteiger partial charge in [0.15, 0.2) is 0 Å². The molecule has 0 bridgehead atoms. The minimum atomic E-state index is -0.0909. The van der Waals surface area contributed by atoms with Crippen molar-refractivity contribution >= 4 is 5.69 Å². The van der Waals surface area contributed by atoms with E-state index in [2.05, 4.69) is 0 Å². The molecule has 0 aromatic heterocycles. The van der Waals surface area contributed by atoms with E-state index in [1.54, 1.807) is 12.1 Å². The van der Waals surface area contributed by atoms with Gasteiger partial charge >= 0.3 is 0 Å². The fraction of sp³-hybridized carbons (Fsp3) is 0.300. The molecule has 0 saturated carbocycles. The Morgan fingerprint density at radius 1 is 1.62 bits per heavy atom. The van der Waals surface area contributed by atoms with Crippen molar-refractivity contribution < 1.29 is 4.74 Å². The van der Waals surface area contributed by atoms with Crippen LogP contribution < -0.4 is 10.5 Å². The van der Waals surface area contributed by atoms with Crippen molar-refractivity contribution in [1.29, 1.82) is 5.26 Å². The molecule has 1 aromatic rings. The van der Waals surface area contributed by atoms with Crippen LogP contribution in [0.3, 0.4) is 0 Å². The van der Waals surface area contributed by atoms with E-state index in [1.807, 2.05) is 25.1 Å². The van der Waals surface area contributed by atoms with Gasteiger partial charge in [-0.05, 0) is 19.1 Å². The molecule has 0 aliphatic carbocycles. The first-order valence-electron chi connectivity index (χ1n) is 4.11. The molecule has 3 nitrogen and oxygen atoms in total. The van der Waals surface area contributed by atoms with Crippen LogP contribution in [0, 0.1) is 11.3 Å². The van der Waals surface area contributed by atoms with Crippen molar-refractivity contribution in [3.63, 3.8) is 0 Å². The highest BCUT2D eigenvalue weighted by molar-refractivity contribution is 5.43. The molecule has 68 valence electrons. The molecule has 1 rings (SSSR count). The number of benzene rings is 1. The number of hydrogen-bond donors (Lipinski definition) is 1. The largest absolute Gasteiger partial charge is 0.490 e. The Labute approximate surface area is 77.7 Å². The van der Waals surface area contributed by atoms with Gasteiger partial charge in [0, 0.05) is 11.8 Å². The Hall–Kier alpha value is -1.69. The summed E-state index contributed by atoms with van der Waals surface area (Å²) in [6, 6.07) is 9.23. The average molecular weight is 176 g/mol. The lowest BCUT2D eigenvalue weighted by atomic mass is 10.3. The van der Waals surface area contributed by atoms with Crippen LogP contribution in [0.2, 0.25) is 0 Å². The topological polar surface area (TPSA) is 59.0 Å². The first-order valence-corrected chi connectivity index (χ1v) is 4.11. The van der Waals surface area contributed by atoms with E-state index in [4.69, 9.17) is 15.7 Å². The second-order valence-corrected chi connectivity index (χ2v) is 2.86. The number of ether oxygens (including phenoxy) is 1. The maximum atomic E-state index is 8.41. The van der Waals surface area contributed by atoms with Crippen LogP contribution in [0.15, 0.2) is 24.3 Å². The molecule has 0 amide bonds. The van der Waals surface area contributed by atoms with Crippen LogP contribution >= 0.6 is 0 Å². The molecular weight excluding hydrogens is 164 g/mol. The maximum Gasteiger partial charge on any atom is 0.121 e. The highest BCUT2D eigenvalue weighted by atomic mass is 16.5. The Balaban J connectivity index is 2.59. The second kappa shape index (κ2) is 4.36. The van der Waals surface area contributed by atoms with Gasteiger partial charge in [-0.1, -0.05) is 6.07 Å². The standard InChI is InChI=1S/C10H12N2O/c1-8(5-6-11)13-10-4-2-3-9(12)7-10/h2-4,7-8H,5,12H2,1H3. The predicted octanol–water partition coefficient (Wildman–Crippen LogP) is 1.95. The van der Waals surface area contributed by atoms with Gasteiger partial charge in [0.2, 0.25) is 0 Å². The monoisotopic (exact) mass is 176 g/mol. The van der Waals surface area contributed by atoms with Gasteiger partial charge in [-0.3, -0.25) is 0 Å². The Kier molecular flexibility index (Phi) is 3.15. The molecule has 1 aromatic carbocycles. The molecule has 0 saturated heterocycles. The summed E-state index contributed by atoms with van der Waals surface area (Å²) in [7, 11) is 0. The molecule has 2 N–H and O–H groups in total. The fourth-order valence-corrected chi connectivity index (χ4v) is 0.990. The van der Waals surface area contributed by atoms with Crippen LogP contribution in [0.1, 0.15) is 13.3 Å². The van der Waals surface area contributed by atoms with Crippen molar-refractivity contribution in [2.75, 3.05) is 5.73 Å². The highest BCUT2D eigenvalue weighted by Crippen LogP contribution is 2.16. The number of anilines is 1. The van der Waals surface area contributed by atoms with Gasteiger partial charge < -0.3 is 10.5 Å². The summed E-state index contributed by atoms with van der Waals surface area (Å²) in [5.74, 6) is 0.711. The van der Waals surface area contributed by atoms with Crippen LogP contribution in [0.5, 0.6) is 5.75 Å². The summed E-state index contributed by atoms with van der Waals surface area (Å²) < 4.78 is 5.43. The number of hydrogen-bond acceptors (Lipinski definition) is 3. The zero-order valence-corrected chi connectivity index (χ0v) is 7.53. The molecule has 0 fully saturated rings. The van der Waals surface area contributed by atoms with E-state index in [-0.39, 0.29) is 6.10 Å². The number of nitriles is 1. The van der Waals surface area contributed by atoms with Crippen molar-refractivity contribution in [3.05, 3.63) is 24.3 Å². The first-order chi connectivity index (χ1) is 6.22. The zero-order valence-electron chi connectivity index (χ0n) is 7.53. The smallest absolute Gasteiger partial charge is 0.121 e. The van der Waals surface area contributed by atoms with Gasteiger partial charge in [0.05, 0.1) is 12.5 Å². The van der Waals surface area contributed by atoms with Crippen molar-refractivity contribution in [1.82, 2.24) is 0 Å². The summed E-state index contributed by atoms with van der Waals surface area (Å²) in [5, 5.41) is 8.41. The predicted molar refractivity (Wildman–Crippen MR) is 51.2 cm³/mol. The molecule has 3 heteroatoms. The zero-order chi connectivity index (χ0) is 9.68. The second-order valence-electron chi connectivity index (χ2n) is 2.86. The lowest BCUT2D eigenvalue weighted by Gasteiger charge is -2.11. The average Bonchev–Trinajstić information content (AvgIpc) is 2.04. The van der Waals surface area contributed by atoms with E-state index in [0.717, 1.165) is 0 Å². The van der Waals surface area contributed by atoms with Gasteiger partial charge in [-0.15, -0.1) is 0 Å². The number of nitrogens with zero attached hydrogens (tertiary/aromatic N) is 1. The summed E-state index contributed by atoms with van der Waals surface area (Å²) >= 11 is 0. The van der Waals surface area contributed by atoms with Gasteiger partial charge in [0.25, 0.3) is 0 Å². The molecule has 0 heterocycles. The molecule has 1 unspecified atom stereocenters. The number of nitrogens with two attached hydrogens (primary N) is 1. The fourth-order valence-electron chi connectivity index (χ4n) is 0.990. The third-order valence-corrected chi connectivity index (χ3v) is 1.57. The summed E-state index contributed by atoms with van der Waals surface area (Å²) in [4.78, 5) is 0. The molecule has 1 atom stereocenters. The van der Waals surface area contributed by atoms with E-state index < -0.39 is 0 Å². The lowest BCUT2D eigenvalue weighted by Crippen LogP contribution is -2.10. The Morgan fingerprint density at radius 2 is 2.38 bits per heavy atom. The molecule has 0 aliphatic rings. The van der Waals surface area contributed by atoms with E-state index in [9.17, 15) is 0 Å². The summed E-state index contributed by atoms with van der Waals surface area (Å²) in [6.07, 6.45) is 0.293. The Morgan fingerprint density at radius 3 is 3.00 bits per heavy atom. The van der Waals surface area contributed by atoms with Crippen LogP contribution in [-0.2, 0) is 0 Å². The SMILES string of the molecule is CC(CC#N)Oc1cccc(N)c1. The number of nitrogen functional groups attached to an aromatic ring is 1. The van der Waals surface area contributed by atoms with Crippen molar-refractivity contribution in [3.8, 4) is 11.8 Å². The van der Waals surface area contributed by atoms with Crippen LogP contribution in [-0.4, -0.2) is 6.10 Å². The molecule has 0 aliphatic heterocycles. The number of rotatable bonds is 3. The summed E-state index contributed by atoms with van der Waals surface area (Å²) in [5.41, 5.74) is 6.23. The highest BCUT2D eigenvalue weighted by Gasteiger charge is 2.02. The minimum Gasteiger partial charge on any atom is -0.490 e. The third kappa shape index (κ3) is 3.04. The molecule has 0 spiro atoms. The van der Waals surface area contributed by atoms with Gasteiger partial charge in [-0.25, -0.2) is 0 Å². The molecular formula is C10H12N2O. The first kappa shape index (κ1) is 9.40. The van der Waals surface area contributed by atoms with Crippen LogP contribution in [0.4, 0.5) is 5.69 Å².